The van der Waals surface area contributed by atoms with E-state index in [2.05, 4.69) is 17.0 Å². The molecule has 0 saturated carbocycles. The van der Waals surface area contributed by atoms with Crippen LogP contribution >= 0.6 is 0 Å². The second-order valence-electron chi connectivity index (χ2n) is 4.47. The first-order valence-electron chi connectivity index (χ1n) is 5.91. The summed E-state index contributed by atoms with van der Waals surface area (Å²) >= 11 is 0. The molecule has 6 heteroatoms. The van der Waals surface area contributed by atoms with Gasteiger partial charge in [-0.25, -0.2) is 5.84 Å². The number of hydrogen-bond donors (Lipinski definition) is 2. The van der Waals surface area contributed by atoms with E-state index in [0.717, 1.165) is 6.54 Å². The Morgan fingerprint density at radius 2 is 2.53 bits per heavy atom. The Morgan fingerprint density at radius 1 is 1.71 bits per heavy atom. The lowest BCUT2D eigenvalue weighted by molar-refractivity contribution is 0.0944. The number of piperidine rings is 1. The van der Waals surface area contributed by atoms with E-state index in [4.69, 9.17) is 10.4 Å². The first kappa shape index (κ1) is 12.1. The predicted octanol–water partition coefficient (Wildman–Crippen LogP) is 0.653. The van der Waals surface area contributed by atoms with Crippen molar-refractivity contribution in [2.45, 2.75) is 38.8 Å². The highest BCUT2D eigenvalue weighted by Crippen LogP contribution is 2.19. The number of likely N-dealkylation sites (tertiary alicyclic amines) is 1. The van der Waals surface area contributed by atoms with Crippen LogP contribution in [0.15, 0.2) is 10.6 Å². The molecule has 0 radical (unpaired) electrons. The molecule has 1 unspecified atom stereocenters. The second kappa shape index (κ2) is 5.29. The van der Waals surface area contributed by atoms with Gasteiger partial charge < -0.3 is 4.52 Å². The second-order valence-corrected chi connectivity index (χ2v) is 4.47. The van der Waals surface area contributed by atoms with Gasteiger partial charge in [0.25, 0.3) is 5.91 Å². The van der Waals surface area contributed by atoms with Crippen molar-refractivity contribution in [2.24, 2.45) is 5.84 Å². The van der Waals surface area contributed by atoms with Crippen LogP contribution in [0, 0.1) is 0 Å². The smallest absolute Gasteiger partial charge is 0.287 e. The Bertz CT molecular complexity index is 391. The molecule has 2 rings (SSSR count). The number of nitrogens with one attached hydrogen (secondary N) is 1. The maximum Gasteiger partial charge on any atom is 0.287 e. The lowest BCUT2D eigenvalue weighted by Crippen LogP contribution is -2.36. The Morgan fingerprint density at radius 3 is 3.24 bits per heavy atom. The van der Waals surface area contributed by atoms with Crippen molar-refractivity contribution in [3.05, 3.63) is 17.5 Å². The van der Waals surface area contributed by atoms with E-state index in [1.807, 2.05) is 5.43 Å². The fraction of sp³-hybridized carbons (Fsp3) is 0.636. The van der Waals surface area contributed by atoms with Crippen molar-refractivity contribution < 1.29 is 9.32 Å². The summed E-state index contributed by atoms with van der Waals surface area (Å²) in [4.78, 5) is 13.6. The molecule has 1 amide bonds. The number of rotatable bonds is 3. The molecule has 6 nitrogen and oxygen atoms in total. The zero-order valence-corrected chi connectivity index (χ0v) is 9.98. The first-order chi connectivity index (χ1) is 8.20. The molecule has 1 aliphatic heterocycles. The van der Waals surface area contributed by atoms with Gasteiger partial charge >= 0.3 is 0 Å². The minimum Gasteiger partial charge on any atom is -0.359 e. The van der Waals surface area contributed by atoms with Gasteiger partial charge in [-0.2, -0.15) is 0 Å². The van der Waals surface area contributed by atoms with Gasteiger partial charge in [-0.15, -0.1) is 0 Å². The van der Waals surface area contributed by atoms with E-state index in [1.165, 1.54) is 19.3 Å². The van der Waals surface area contributed by atoms with Gasteiger partial charge in [-0.05, 0) is 26.3 Å². The Balaban J connectivity index is 1.98. The largest absolute Gasteiger partial charge is 0.359 e. The zero-order valence-electron chi connectivity index (χ0n) is 9.98. The van der Waals surface area contributed by atoms with Crippen molar-refractivity contribution in [1.82, 2.24) is 15.5 Å². The third-order valence-corrected chi connectivity index (χ3v) is 3.22. The van der Waals surface area contributed by atoms with Gasteiger partial charge in [0.05, 0.1) is 6.54 Å². The highest BCUT2D eigenvalue weighted by atomic mass is 16.5. The summed E-state index contributed by atoms with van der Waals surface area (Å²) < 4.78 is 5.13. The van der Waals surface area contributed by atoms with Crippen LogP contribution < -0.4 is 11.3 Å². The van der Waals surface area contributed by atoms with Gasteiger partial charge in [0.15, 0.2) is 11.5 Å². The Labute approximate surface area is 100 Å². The molecular weight excluding hydrogens is 220 g/mol. The number of carbonyl (C=O) groups is 1. The molecule has 94 valence electrons. The Hall–Kier alpha value is -1.40. The molecule has 1 saturated heterocycles. The summed E-state index contributed by atoms with van der Waals surface area (Å²) in [5.74, 6) is 5.31. The molecule has 3 N–H and O–H groups in total. The topological polar surface area (TPSA) is 84.4 Å². The minimum absolute atomic E-state index is 0.229. The molecule has 1 fully saturated rings. The SMILES string of the molecule is CC1CCCCN1Cc1cc(C(=O)NN)no1. The molecule has 0 bridgehead atoms. The quantitative estimate of drug-likeness (QED) is 0.459. The first-order valence-corrected chi connectivity index (χ1v) is 5.91. The average molecular weight is 238 g/mol. The number of amides is 1. The van der Waals surface area contributed by atoms with Crippen LogP contribution in [0.1, 0.15) is 42.4 Å². The number of nitrogen functional groups attached to an aromatic ring is 1. The number of aromatic nitrogens is 1. The Kier molecular flexibility index (Phi) is 3.75. The van der Waals surface area contributed by atoms with Gasteiger partial charge in [0, 0.05) is 12.1 Å². The lowest BCUT2D eigenvalue weighted by Gasteiger charge is -2.32. The maximum absolute atomic E-state index is 11.2. The zero-order chi connectivity index (χ0) is 12.3. The van der Waals surface area contributed by atoms with Gasteiger partial charge in [-0.3, -0.25) is 15.1 Å². The minimum atomic E-state index is -0.424. The summed E-state index contributed by atoms with van der Waals surface area (Å²) in [7, 11) is 0. The van der Waals surface area contributed by atoms with Crippen LogP contribution in [-0.2, 0) is 6.54 Å². The summed E-state index contributed by atoms with van der Waals surface area (Å²) in [5.41, 5.74) is 2.26. The molecule has 0 aromatic carbocycles. The van der Waals surface area contributed by atoms with E-state index in [0.29, 0.717) is 18.3 Å². The van der Waals surface area contributed by atoms with Crippen molar-refractivity contribution in [3.8, 4) is 0 Å². The average Bonchev–Trinajstić information content (AvgIpc) is 2.80. The summed E-state index contributed by atoms with van der Waals surface area (Å²) in [6.45, 7) is 3.98. The molecule has 2 heterocycles. The number of carbonyl (C=O) groups excluding carboxylic acids is 1. The van der Waals surface area contributed by atoms with Crippen LogP contribution in [0.3, 0.4) is 0 Å². The van der Waals surface area contributed by atoms with Crippen LogP contribution in [0.2, 0.25) is 0 Å². The molecule has 1 aromatic rings. The lowest BCUT2D eigenvalue weighted by atomic mass is 10.0. The predicted molar refractivity (Wildman–Crippen MR) is 61.9 cm³/mol. The molecule has 0 aliphatic carbocycles. The molecule has 1 aromatic heterocycles. The highest BCUT2D eigenvalue weighted by molar-refractivity contribution is 5.91. The van der Waals surface area contributed by atoms with E-state index < -0.39 is 5.91 Å². The van der Waals surface area contributed by atoms with E-state index >= 15 is 0 Å². The summed E-state index contributed by atoms with van der Waals surface area (Å²) in [6.07, 6.45) is 3.72. The van der Waals surface area contributed by atoms with E-state index in [-0.39, 0.29) is 5.69 Å². The standard InChI is InChI=1S/C11H18N4O2/c1-8-4-2-3-5-15(8)7-9-6-10(14-17-9)11(16)13-12/h6,8H,2-5,7,12H2,1H3,(H,13,16). The van der Waals surface area contributed by atoms with Gasteiger partial charge in [-0.1, -0.05) is 11.6 Å². The maximum atomic E-state index is 11.2. The summed E-state index contributed by atoms with van der Waals surface area (Å²) in [5, 5.41) is 3.68. The van der Waals surface area contributed by atoms with Crippen molar-refractivity contribution >= 4 is 5.91 Å². The number of hydrogen-bond acceptors (Lipinski definition) is 5. The fourth-order valence-electron chi connectivity index (χ4n) is 2.16. The molecule has 0 spiro atoms. The highest BCUT2D eigenvalue weighted by Gasteiger charge is 2.20. The third-order valence-electron chi connectivity index (χ3n) is 3.22. The van der Waals surface area contributed by atoms with E-state index in [1.54, 1.807) is 6.07 Å². The molecule has 1 aliphatic rings. The van der Waals surface area contributed by atoms with Crippen LogP contribution in [0.5, 0.6) is 0 Å². The monoisotopic (exact) mass is 238 g/mol. The molecule has 1 atom stereocenters. The fourth-order valence-corrected chi connectivity index (χ4v) is 2.16. The van der Waals surface area contributed by atoms with Crippen LogP contribution in [0.4, 0.5) is 0 Å². The van der Waals surface area contributed by atoms with Crippen molar-refractivity contribution in [1.29, 1.82) is 0 Å². The number of nitrogens with zero attached hydrogens (tertiary/aromatic N) is 2. The van der Waals surface area contributed by atoms with Crippen molar-refractivity contribution in [3.63, 3.8) is 0 Å². The van der Waals surface area contributed by atoms with Gasteiger partial charge in [0.2, 0.25) is 0 Å². The normalized spacial score (nSPS) is 21.4. The van der Waals surface area contributed by atoms with Crippen LogP contribution in [0.25, 0.3) is 0 Å². The van der Waals surface area contributed by atoms with Gasteiger partial charge in [0.1, 0.15) is 0 Å². The van der Waals surface area contributed by atoms with E-state index in [9.17, 15) is 4.79 Å². The number of nitrogens with two attached hydrogens (primary N) is 1. The molecule has 17 heavy (non-hydrogen) atoms. The third kappa shape index (κ3) is 2.83. The van der Waals surface area contributed by atoms with Crippen molar-refractivity contribution in [2.75, 3.05) is 6.54 Å². The molecular formula is C11H18N4O2. The summed E-state index contributed by atoms with van der Waals surface area (Å²) in [6, 6.07) is 2.20. The van der Waals surface area contributed by atoms with Crippen LogP contribution in [-0.4, -0.2) is 28.6 Å². The number of hydrazine groups is 1.